The second kappa shape index (κ2) is 11.2. The van der Waals surface area contributed by atoms with E-state index in [1.807, 2.05) is 12.3 Å². The Morgan fingerprint density at radius 1 is 0.971 bits per heavy atom. The van der Waals surface area contributed by atoms with Crippen molar-refractivity contribution in [2.45, 2.75) is 59.0 Å². The highest BCUT2D eigenvalue weighted by Gasteiger charge is 2.13. The van der Waals surface area contributed by atoms with Crippen LogP contribution in [0.1, 0.15) is 49.2 Å². The molecule has 0 aliphatic heterocycles. The van der Waals surface area contributed by atoms with Crippen LogP contribution in [0.15, 0.2) is 49.1 Å². The third kappa shape index (κ3) is 5.94. The number of benzene rings is 1. The first-order valence-corrected chi connectivity index (χ1v) is 12.5. The third-order valence-electron chi connectivity index (χ3n) is 5.69. The summed E-state index contributed by atoms with van der Waals surface area (Å²) in [5.74, 6) is 1.47. The van der Waals surface area contributed by atoms with Gasteiger partial charge in [-0.25, -0.2) is 19.9 Å². The number of hydrogen-bond donors (Lipinski definition) is 1. The number of rotatable bonds is 10. The lowest BCUT2D eigenvalue weighted by molar-refractivity contribution is 0.193. The monoisotopic (exact) mass is 474 g/mol. The molecule has 4 aromatic rings. The molecule has 0 amide bonds. The zero-order valence-corrected chi connectivity index (χ0v) is 20.7. The molecule has 3 heterocycles. The van der Waals surface area contributed by atoms with Crippen molar-refractivity contribution in [2.24, 2.45) is 0 Å². The average molecular weight is 475 g/mol. The molecule has 0 aliphatic carbocycles. The number of anilines is 1. The first-order chi connectivity index (χ1) is 16.6. The minimum absolute atomic E-state index is 0.230. The molecule has 2 N–H and O–H groups in total. The van der Waals surface area contributed by atoms with Crippen molar-refractivity contribution in [3.8, 4) is 28.5 Å². The number of aryl methyl sites for hydroxylation is 3. The number of nitrogen functional groups attached to an aromatic ring is 1. The van der Waals surface area contributed by atoms with Crippen LogP contribution in [0, 0.1) is 6.92 Å². The standard InChI is InChI=1S/C26H30N6OS/c1-4-19(5-2)33-20-9-10-22(17(3)13-20)23-14-18(7-6-8-21-15-30-26(27)34-21)31-25(32-23)24-16-28-11-12-29-24/h9-16,19H,4-8H2,1-3H3,(H2,27,30). The van der Waals surface area contributed by atoms with Crippen molar-refractivity contribution < 1.29 is 4.74 Å². The zero-order valence-electron chi connectivity index (χ0n) is 19.9. The van der Waals surface area contributed by atoms with Gasteiger partial charge in [-0.15, -0.1) is 11.3 Å². The lowest BCUT2D eigenvalue weighted by atomic mass is 10.0. The van der Waals surface area contributed by atoms with Crippen molar-refractivity contribution in [3.63, 3.8) is 0 Å². The summed E-state index contributed by atoms with van der Waals surface area (Å²) in [6.45, 7) is 6.39. The third-order valence-corrected chi connectivity index (χ3v) is 6.57. The summed E-state index contributed by atoms with van der Waals surface area (Å²) < 4.78 is 6.13. The highest BCUT2D eigenvalue weighted by molar-refractivity contribution is 7.15. The molecule has 7 nitrogen and oxygen atoms in total. The van der Waals surface area contributed by atoms with Gasteiger partial charge in [-0.05, 0) is 68.9 Å². The number of nitrogens with two attached hydrogens (primary N) is 1. The summed E-state index contributed by atoms with van der Waals surface area (Å²) in [7, 11) is 0. The predicted molar refractivity (Wildman–Crippen MR) is 137 cm³/mol. The van der Waals surface area contributed by atoms with Gasteiger partial charge in [0.05, 0.1) is 18.0 Å². The van der Waals surface area contributed by atoms with E-state index in [-0.39, 0.29) is 6.10 Å². The van der Waals surface area contributed by atoms with Crippen LogP contribution in [-0.4, -0.2) is 31.0 Å². The summed E-state index contributed by atoms with van der Waals surface area (Å²) in [4.78, 5) is 23.6. The summed E-state index contributed by atoms with van der Waals surface area (Å²) in [5.41, 5.74) is 10.4. The number of nitrogens with zero attached hydrogens (tertiary/aromatic N) is 5. The van der Waals surface area contributed by atoms with E-state index in [0.29, 0.717) is 16.6 Å². The minimum Gasteiger partial charge on any atom is -0.490 e. The summed E-state index contributed by atoms with van der Waals surface area (Å²) in [5, 5.41) is 0.608. The molecular formula is C26H30N6OS. The van der Waals surface area contributed by atoms with Crippen molar-refractivity contribution in [3.05, 3.63) is 65.2 Å². The van der Waals surface area contributed by atoms with E-state index in [2.05, 4.69) is 53.9 Å². The maximum absolute atomic E-state index is 6.13. The molecule has 0 unspecified atom stereocenters. The van der Waals surface area contributed by atoms with E-state index in [1.165, 1.54) is 16.2 Å². The Hall–Kier alpha value is -3.39. The van der Waals surface area contributed by atoms with Crippen molar-refractivity contribution in [2.75, 3.05) is 5.73 Å². The maximum Gasteiger partial charge on any atom is 0.180 e. The van der Waals surface area contributed by atoms with Gasteiger partial charge >= 0.3 is 0 Å². The lowest BCUT2D eigenvalue weighted by Crippen LogP contribution is -2.13. The Labute approximate surface area is 204 Å². The van der Waals surface area contributed by atoms with Gasteiger partial charge < -0.3 is 10.5 Å². The number of ether oxygens (including phenoxy) is 1. The van der Waals surface area contributed by atoms with Crippen LogP contribution in [-0.2, 0) is 12.8 Å². The van der Waals surface area contributed by atoms with Gasteiger partial charge in [0.1, 0.15) is 11.4 Å². The van der Waals surface area contributed by atoms with Crippen LogP contribution in [0.25, 0.3) is 22.8 Å². The van der Waals surface area contributed by atoms with Crippen molar-refractivity contribution in [1.82, 2.24) is 24.9 Å². The van der Waals surface area contributed by atoms with Crippen LogP contribution in [0.4, 0.5) is 5.13 Å². The van der Waals surface area contributed by atoms with E-state index >= 15 is 0 Å². The second-order valence-corrected chi connectivity index (χ2v) is 9.36. The van der Waals surface area contributed by atoms with E-state index in [0.717, 1.165) is 60.4 Å². The molecule has 0 bridgehead atoms. The number of aromatic nitrogens is 5. The molecule has 1 aromatic carbocycles. The first-order valence-electron chi connectivity index (χ1n) is 11.7. The number of hydrogen-bond acceptors (Lipinski definition) is 8. The fraction of sp³-hybridized carbons (Fsp3) is 0.346. The SMILES string of the molecule is CCC(CC)Oc1ccc(-c2cc(CCCc3cnc(N)s3)nc(-c3cnccn3)n2)c(C)c1. The Kier molecular flexibility index (Phi) is 7.80. The Bertz CT molecular complexity index is 1220. The molecule has 0 saturated carbocycles. The molecule has 0 radical (unpaired) electrons. The highest BCUT2D eigenvalue weighted by atomic mass is 32.1. The van der Waals surface area contributed by atoms with Gasteiger partial charge in [-0.1, -0.05) is 13.8 Å². The van der Waals surface area contributed by atoms with Gasteiger partial charge in [0.15, 0.2) is 11.0 Å². The summed E-state index contributed by atoms with van der Waals surface area (Å²) in [6, 6.07) is 8.27. The largest absolute Gasteiger partial charge is 0.490 e. The summed E-state index contributed by atoms with van der Waals surface area (Å²) in [6.07, 6.45) is 11.7. The first kappa shape index (κ1) is 23.8. The topological polar surface area (TPSA) is 99.7 Å². The molecule has 34 heavy (non-hydrogen) atoms. The second-order valence-electron chi connectivity index (χ2n) is 8.21. The van der Waals surface area contributed by atoms with Crippen molar-refractivity contribution in [1.29, 1.82) is 0 Å². The van der Waals surface area contributed by atoms with E-state index < -0.39 is 0 Å². The number of thiazole rings is 1. The normalized spacial score (nSPS) is 11.2. The van der Waals surface area contributed by atoms with E-state index in [4.69, 9.17) is 20.4 Å². The maximum atomic E-state index is 6.13. The van der Waals surface area contributed by atoms with Crippen LogP contribution in [0.5, 0.6) is 5.75 Å². The minimum atomic E-state index is 0.230. The van der Waals surface area contributed by atoms with Crippen LogP contribution >= 0.6 is 11.3 Å². The summed E-state index contributed by atoms with van der Waals surface area (Å²) >= 11 is 1.54. The quantitative estimate of drug-likeness (QED) is 0.315. The molecule has 0 atom stereocenters. The zero-order chi connectivity index (χ0) is 23.9. The van der Waals surface area contributed by atoms with E-state index in [1.54, 1.807) is 18.6 Å². The van der Waals surface area contributed by atoms with Crippen LogP contribution in [0.2, 0.25) is 0 Å². The van der Waals surface area contributed by atoms with Gasteiger partial charge in [0, 0.05) is 34.7 Å². The fourth-order valence-electron chi connectivity index (χ4n) is 3.82. The smallest absolute Gasteiger partial charge is 0.180 e. The Morgan fingerprint density at radius 2 is 1.82 bits per heavy atom. The Balaban J connectivity index is 1.62. The molecule has 0 fully saturated rings. The molecular weight excluding hydrogens is 444 g/mol. The average Bonchev–Trinajstić information content (AvgIpc) is 3.27. The van der Waals surface area contributed by atoms with E-state index in [9.17, 15) is 0 Å². The highest BCUT2D eigenvalue weighted by Crippen LogP contribution is 2.29. The molecule has 8 heteroatoms. The molecule has 0 aliphatic rings. The van der Waals surface area contributed by atoms with Crippen LogP contribution < -0.4 is 10.5 Å². The van der Waals surface area contributed by atoms with Crippen LogP contribution in [0.3, 0.4) is 0 Å². The molecule has 0 saturated heterocycles. The molecule has 3 aromatic heterocycles. The molecule has 0 spiro atoms. The van der Waals surface area contributed by atoms with Gasteiger partial charge in [0.25, 0.3) is 0 Å². The predicted octanol–water partition coefficient (Wildman–Crippen LogP) is 5.69. The fourth-order valence-corrected chi connectivity index (χ4v) is 4.55. The Morgan fingerprint density at radius 3 is 2.50 bits per heavy atom. The molecule has 4 rings (SSSR count). The van der Waals surface area contributed by atoms with Gasteiger partial charge in [0.2, 0.25) is 0 Å². The lowest BCUT2D eigenvalue weighted by Gasteiger charge is -2.17. The van der Waals surface area contributed by atoms with Crippen molar-refractivity contribution >= 4 is 16.5 Å². The molecule has 176 valence electrons. The van der Waals surface area contributed by atoms with Gasteiger partial charge in [-0.3, -0.25) is 4.98 Å². The van der Waals surface area contributed by atoms with Gasteiger partial charge in [-0.2, -0.15) is 0 Å².